The minimum Gasteiger partial charge on any atom is -0.370 e. The maximum atomic E-state index is 5.94. The van der Waals surface area contributed by atoms with E-state index in [-0.39, 0.29) is 0 Å². The maximum Gasteiger partial charge on any atom is 0.126 e. The summed E-state index contributed by atoms with van der Waals surface area (Å²) in [5.41, 5.74) is 2.32. The number of pyridine rings is 1. The standard InChI is InChI=1S/C17H22ClN3/c1-4-19-17-7-5-6-16(20-17)12-21(3)13(2)14-8-10-15(18)11-9-14/h5-11,13H,4,12H2,1-3H3,(H,19,20). The first-order valence-corrected chi connectivity index (χ1v) is 7.63. The average molecular weight is 304 g/mol. The highest BCUT2D eigenvalue weighted by Gasteiger charge is 2.12. The van der Waals surface area contributed by atoms with Gasteiger partial charge in [0, 0.05) is 24.2 Å². The molecule has 0 aliphatic carbocycles. The van der Waals surface area contributed by atoms with Crippen LogP contribution >= 0.6 is 11.6 Å². The molecule has 1 heterocycles. The lowest BCUT2D eigenvalue weighted by atomic mass is 10.1. The Hall–Kier alpha value is -1.58. The van der Waals surface area contributed by atoms with Crippen molar-refractivity contribution < 1.29 is 0 Å². The van der Waals surface area contributed by atoms with Crippen LogP contribution in [0.2, 0.25) is 5.02 Å². The number of rotatable bonds is 6. The van der Waals surface area contributed by atoms with Crippen LogP contribution in [0.4, 0.5) is 5.82 Å². The van der Waals surface area contributed by atoms with Crippen LogP contribution in [0.3, 0.4) is 0 Å². The molecule has 4 heteroatoms. The quantitative estimate of drug-likeness (QED) is 0.859. The molecular weight excluding hydrogens is 282 g/mol. The van der Waals surface area contributed by atoms with Crippen molar-refractivity contribution in [1.82, 2.24) is 9.88 Å². The molecule has 0 saturated carbocycles. The van der Waals surface area contributed by atoms with E-state index in [1.54, 1.807) is 0 Å². The van der Waals surface area contributed by atoms with Crippen LogP contribution in [0, 0.1) is 0 Å². The second kappa shape index (κ2) is 7.43. The third-order valence-electron chi connectivity index (χ3n) is 3.59. The van der Waals surface area contributed by atoms with Crippen molar-refractivity contribution in [2.24, 2.45) is 0 Å². The molecule has 1 N–H and O–H groups in total. The van der Waals surface area contributed by atoms with Gasteiger partial charge in [-0.3, -0.25) is 4.90 Å². The Morgan fingerprint density at radius 1 is 1.19 bits per heavy atom. The summed E-state index contributed by atoms with van der Waals surface area (Å²) in [5, 5.41) is 4.02. The molecule has 0 spiro atoms. The van der Waals surface area contributed by atoms with E-state index < -0.39 is 0 Å². The largest absolute Gasteiger partial charge is 0.370 e. The van der Waals surface area contributed by atoms with Gasteiger partial charge in [-0.25, -0.2) is 4.98 Å². The molecule has 2 rings (SSSR count). The van der Waals surface area contributed by atoms with Gasteiger partial charge in [-0.1, -0.05) is 29.8 Å². The first kappa shape index (κ1) is 15.8. The zero-order valence-electron chi connectivity index (χ0n) is 12.8. The summed E-state index contributed by atoms with van der Waals surface area (Å²) in [4.78, 5) is 6.90. The van der Waals surface area contributed by atoms with Gasteiger partial charge in [0.15, 0.2) is 0 Å². The summed E-state index contributed by atoms with van der Waals surface area (Å²) in [6, 6.07) is 14.4. The summed E-state index contributed by atoms with van der Waals surface area (Å²) in [5.74, 6) is 0.933. The summed E-state index contributed by atoms with van der Waals surface area (Å²) < 4.78 is 0. The molecule has 3 nitrogen and oxygen atoms in total. The summed E-state index contributed by atoms with van der Waals surface area (Å²) in [6.45, 7) is 5.96. The van der Waals surface area contributed by atoms with Crippen LogP contribution in [0.5, 0.6) is 0 Å². The number of anilines is 1. The highest BCUT2D eigenvalue weighted by Crippen LogP contribution is 2.22. The summed E-state index contributed by atoms with van der Waals surface area (Å²) >= 11 is 5.94. The van der Waals surface area contributed by atoms with Gasteiger partial charge in [0.25, 0.3) is 0 Å². The number of benzene rings is 1. The number of halogens is 1. The van der Waals surface area contributed by atoms with Crippen LogP contribution in [0.1, 0.15) is 31.1 Å². The number of hydrogen-bond acceptors (Lipinski definition) is 3. The highest BCUT2D eigenvalue weighted by atomic mass is 35.5. The highest BCUT2D eigenvalue weighted by molar-refractivity contribution is 6.30. The van der Waals surface area contributed by atoms with E-state index in [0.717, 1.165) is 29.6 Å². The van der Waals surface area contributed by atoms with E-state index in [0.29, 0.717) is 6.04 Å². The van der Waals surface area contributed by atoms with Crippen LogP contribution in [-0.4, -0.2) is 23.5 Å². The van der Waals surface area contributed by atoms with Gasteiger partial charge in [-0.2, -0.15) is 0 Å². The fourth-order valence-corrected chi connectivity index (χ4v) is 2.36. The Balaban J connectivity index is 2.04. The predicted octanol–water partition coefficient (Wildman–Crippen LogP) is 4.36. The van der Waals surface area contributed by atoms with Gasteiger partial charge in [-0.05, 0) is 50.7 Å². The van der Waals surface area contributed by atoms with Gasteiger partial charge in [0.05, 0.1) is 5.69 Å². The second-order valence-electron chi connectivity index (χ2n) is 5.19. The van der Waals surface area contributed by atoms with Gasteiger partial charge < -0.3 is 5.32 Å². The lowest BCUT2D eigenvalue weighted by Crippen LogP contribution is -2.22. The Bertz CT molecular complexity index is 569. The van der Waals surface area contributed by atoms with Gasteiger partial charge in [-0.15, -0.1) is 0 Å². The number of nitrogens with zero attached hydrogens (tertiary/aromatic N) is 2. The van der Waals surface area contributed by atoms with Crippen molar-refractivity contribution >= 4 is 17.4 Å². The molecule has 0 radical (unpaired) electrons. The Morgan fingerprint density at radius 2 is 1.90 bits per heavy atom. The topological polar surface area (TPSA) is 28.2 Å². The minimum atomic E-state index is 0.312. The van der Waals surface area contributed by atoms with Crippen molar-refractivity contribution in [3.8, 4) is 0 Å². The normalized spacial score (nSPS) is 12.4. The number of aromatic nitrogens is 1. The van der Waals surface area contributed by atoms with E-state index in [9.17, 15) is 0 Å². The SMILES string of the molecule is CCNc1cccc(CN(C)C(C)c2ccc(Cl)cc2)n1. The zero-order chi connectivity index (χ0) is 15.2. The van der Waals surface area contributed by atoms with Crippen LogP contribution in [-0.2, 0) is 6.54 Å². The van der Waals surface area contributed by atoms with Crippen LogP contribution in [0.15, 0.2) is 42.5 Å². The zero-order valence-corrected chi connectivity index (χ0v) is 13.6. The van der Waals surface area contributed by atoms with Crippen molar-refractivity contribution in [2.75, 3.05) is 18.9 Å². The molecule has 1 aromatic heterocycles. The molecule has 0 fully saturated rings. The maximum absolute atomic E-state index is 5.94. The van der Waals surface area contributed by atoms with Gasteiger partial charge in [0.1, 0.15) is 5.82 Å². The van der Waals surface area contributed by atoms with Crippen molar-refractivity contribution in [3.63, 3.8) is 0 Å². The number of nitrogens with one attached hydrogen (secondary N) is 1. The third-order valence-corrected chi connectivity index (χ3v) is 3.84. The lowest BCUT2D eigenvalue weighted by molar-refractivity contribution is 0.250. The van der Waals surface area contributed by atoms with E-state index in [1.807, 2.05) is 24.3 Å². The lowest BCUT2D eigenvalue weighted by Gasteiger charge is -2.25. The minimum absolute atomic E-state index is 0.312. The van der Waals surface area contributed by atoms with Gasteiger partial charge in [0.2, 0.25) is 0 Å². The molecule has 1 atom stereocenters. The number of hydrogen-bond donors (Lipinski definition) is 1. The fourth-order valence-electron chi connectivity index (χ4n) is 2.24. The first-order chi connectivity index (χ1) is 10.1. The van der Waals surface area contributed by atoms with Crippen LogP contribution < -0.4 is 5.32 Å². The van der Waals surface area contributed by atoms with E-state index in [1.165, 1.54) is 5.56 Å². The second-order valence-corrected chi connectivity index (χ2v) is 5.62. The smallest absolute Gasteiger partial charge is 0.126 e. The van der Waals surface area contributed by atoms with E-state index >= 15 is 0 Å². The van der Waals surface area contributed by atoms with Crippen molar-refractivity contribution in [3.05, 3.63) is 58.7 Å². The van der Waals surface area contributed by atoms with Gasteiger partial charge >= 0.3 is 0 Å². The molecule has 0 amide bonds. The van der Waals surface area contributed by atoms with E-state index in [2.05, 4.69) is 54.3 Å². The predicted molar refractivity (Wildman–Crippen MR) is 89.7 cm³/mol. The molecule has 1 aromatic carbocycles. The molecule has 0 aliphatic heterocycles. The third kappa shape index (κ3) is 4.45. The van der Waals surface area contributed by atoms with Crippen molar-refractivity contribution in [2.45, 2.75) is 26.4 Å². The molecular formula is C17H22ClN3. The molecule has 2 aromatic rings. The monoisotopic (exact) mass is 303 g/mol. The fraction of sp³-hybridized carbons (Fsp3) is 0.353. The Labute approximate surface area is 132 Å². The molecule has 0 aliphatic rings. The van der Waals surface area contributed by atoms with Crippen molar-refractivity contribution in [1.29, 1.82) is 0 Å². The van der Waals surface area contributed by atoms with Crippen LogP contribution in [0.25, 0.3) is 0 Å². The Morgan fingerprint density at radius 3 is 2.57 bits per heavy atom. The molecule has 21 heavy (non-hydrogen) atoms. The first-order valence-electron chi connectivity index (χ1n) is 7.25. The van der Waals surface area contributed by atoms with E-state index in [4.69, 9.17) is 11.6 Å². The molecule has 0 bridgehead atoms. The Kier molecular flexibility index (Phi) is 5.59. The summed E-state index contributed by atoms with van der Waals surface area (Å²) in [7, 11) is 2.11. The summed E-state index contributed by atoms with van der Waals surface area (Å²) in [6.07, 6.45) is 0. The molecule has 112 valence electrons. The average Bonchev–Trinajstić information content (AvgIpc) is 2.48. The molecule has 1 unspecified atom stereocenters. The molecule has 0 saturated heterocycles.